The smallest absolute Gasteiger partial charge is 0.0587 e. The van der Waals surface area contributed by atoms with Crippen molar-refractivity contribution in [2.45, 2.75) is 38.0 Å². The van der Waals surface area contributed by atoms with Crippen LogP contribution in [0.15, 0.2) is 28.7 Å². The summed E-state index contributed by atoms with van der Waals surface area (Å²) in [5.41, 5.74) is 1.78. The summed E-state index contributed by atoms with van der Waals surface area (Å²) in [6, 6.07) is 8.70. The van der Waals surface area contributed by atoms with Gasteiger partial charge in [0.1, 0.15) is 0 Å². The maximum absolute atomic E-state index is 5.13. The highest BCUT2D eigenvalue weighted by molar-refractivity contribution is 9.10. The third-order valence-electron chi connectivity index (χ3n) is 4.45. The van der Waals surface area contributed by atoms with Crippen LogP contribution in [-0.4, -0.2) is 26.8 Å². The molecule has 0 unspecified atom stereocenters. The Morgan fingerprint density at radius 1 is 1.35 bits per heavy atom. The molecule has 2 rings (SSSR count). The molecule has 1 aliphatic rings. The average Bonchev–Trinajstić information content (AvgIpc) is 2.41. The Kier molecular flexibility index (Phi) is 6.06. The number of halogens is 1. The Labute approximate surface area is 131 Å². The summed E-state index contributed by atoms with van der Waals surface area (Å²) in [5.74, 6) is 0.899. The number of benzene rings is 1. The average molecular weight is 340 g/mol. The second-order valence-electron chi connectivity index (χ2n) is 5.99. The molecule has 20 heavy (non-hydrogen) atoms. The number of nitrogens with one attached hydrogen (secondary N) is 1. The molecule has 112 valence electrons. The van der Waals surface area contributed by atoms with E-state index in [-0.39, 0.29) is 0 Å². The Morgan fingerprint density at radius 3 is 2.75 bits per heavy atom. The maximum atomic E-state index is 5.13. The van der Waals surface area contributed by atoms with Crippen LogP contribution < -0.4 is 5.32 Å². The summed E-state index contributed by atoms with van der Waals surface area (Å²) in [5, 5.41) is 3.57. The van der Waals surface area contributed by atoms with Crippen LogP contribution in [-0.2, 0) is 10.2 Å². The van der Waals surface area contributed by atoms with Crippen molar-refractivity contribution in [1.29, 1.82) is 0 Å². The van der Waals surface area contributed by atoms with Gasteiger partial charge in [-0.2, -0.15) is 0 Å². The van der Waals surface area contributed by atoms with Crippen molar-refractivity contribution in [3.8, 4) is 0 Å². The molecule has 2 nitrogen and oxygen atoms in total. The number of hydrogen-bond donors (Lipinski definition) is 1. The number of rotatable bonds is 8. The standard InChI is InChI=1S/C17H26BrNO/c1-3-6-14-11-17(12-14,13-19-9-10-20-2)15-7-4-5-8-16(15)18/h4-5,7-8,14,19H,3,6,9-13H2,1-2H3. The lowest BCUT2D eigenvalue weighted by Gasteiger charge is -2.49. The summed E-state index contributed by atoms with van der Waals surface area (Å²) < 4.78 is 6.38. The third kappa shape index (κ3) is 3.63. The molecule has 0 saturated heterocycles. The van der Waals surface area contributed by atoms with Crippen molar-refractivity contribution in [2.24, 2.45) is 5.92 Å². The Morgan fingerprint density at radius 2 is 2.10 bits per heavy atom. The van der Waals surface area contributed by atoms with Gasteiger partial charge < -0.3 is 10.1 Å². The van der Waals surface area contributed by atoms with Gasteiger partial charge in [-0.05, 0) is 30.4 Å². The number of methoxy groups -OCH3 is 1. The maximum Gasteiger partial charge on any atom is 0.0587 e. The van der Waals surface area contributed by atoms with Gasteiger partial charge in [-0.1, -0.05) is 53.9 Å². The fourth-order valence-corrected chi connectivity index (χ4v) is 4.22. The van der Waals surface area contributed by atoms with E-state index >= 15 is 0 Å². The van der Waals surface area contributed by atoms with Gasteiger partial charge in [0.25, 0.3) is 0 Å². The van der Waals surface area contributed by atoms with Crippen molar-refractivity contribution >= 4 is 15.9 Å². The van der Waals surface area contributed by atoms with E-state index in [4.69, 9.17) is 4.74 Å². The van der Waals surface area contributed by atoms with Gasteiger partial charge in [0.15, 0.2) is 0 Å². The highest BCUT2D eigenvalue weighted by Gasteiger charge is 2.45. The quantitative estimate of drug-likeness (QED) is 0.719. The molecule has 0 radical (unpaired) electrons. The summed E-state index contributed by atoms with van der Waals surface area (Å²) in [4.78, 5) is 0. The molecule has 1 saturated carbocycles. The zero-order chi connectivity index (χ0) is 14.4. The fraction of sp³-hybridized carbons (Fsp3) is 0.647. The first-order chi connectivity index (χ1) is 9.72. The summed E-state index contributed by atoms with van der Waals surface area (Å²) >= 11 is 3.74. The van der Waals surface area contributed by atoms with Gasteiger partial charge in [0.2, 0.25) is 0 Å². The zero-order valence-electron chi connectivity index (χ0n) is 12.6. The van der Waals surface area contributed by atoms with E-state index < -0.39 is 0 Å². The van der Waals surface area contributed by atoms with Crippen molar-refractivity contribution in [2.75, 3.05) is 26.8 Å². The predicted octanol–water partition coefficient (Wildman–Crippen LogP) is 4.13. The van der Waals surface area contributed by atoms with E-state index in [1.807, 2.05) is 0 Å². The molecule has 0 heterocycles. The molecule has 0 atom stereocenters. The second-order valence-corrected chi connectivity index (χ2v) is 6.85. The zero-order valence-corrected chi connectivity index (χ0v) is 14.2. The number of ether oxygens (including phenoxy) is 1. The lowest BCUT2D eigenvalue weighted by Crippen LogP contribution is -2.49. The van der Waals surface area contributed by atoms with E-state index in [0.29, 0.717) is 5.41 Å². The molecule has 0 aromatic heterocycles. The minimum absolute atomic E-state index is 0.313. The van der Waals surface area contributed by atoms with Crippen LogP contribution in [0, 0.1) is 5.92 Å². The topological polar surface area (TPSA) is 21.3 Å². The van der Waals surface area contributed by atoms with Crippen LogP contribution >= 0.6 is 15.9 Å². The highest BCUT2D eigenvalue weighted by Crippen LogP contribution is 2.50. The van der Waals surface area contributed by atoms with Crippen molar-refractivity contribution in [3.05, 3.63) is 34.3 Å². The van der Waals surface area contributed by atoms with Crippen LogP contribution in [0.3, 0.4) is 0 Å². The van der Waals surface area contributed by atoms with Crippen LogP contribution in [0.25, 0.3) is 0 Å². The van der Waals surface area contributed by atoms with Crippen LogP contribution in [0.2, 0.25) is 0 Å². The largest absolute Gasteiger partial charge is 0.383 e. The molecule has 1 N–H and O–H groups in total. The third-order valence-corrected chi connectivity index (χ3v) is 5.14. The van der Waals surface area contributed by atoms with Crippen molar-refractivity contribution in [1.82, 2.24) is 5.32 Å². The van der Waals surface area contributed by atoms with Crippen LogP contribution in [0.4, 0.5) is 0 Å². The van der Waals surface area contributed by atoms with Gasteiger partial charge in [-0.25, -0.2) is 0 Å². The lowest BCUT2D eigenvalue weighted by atomic mass is 9.57. The fourth-order valence-electron chi connectivity index (χ4n) is 3.51. The Bertz CT molecular complexity index is 415. The monoisotopic (exact) mass is 339 g/mol. The minimum atomic E-state index is 0.313. The summed E-state index contributed by atoms with van der Waals surface area (Å²) in [6.07, 6.45) is 5.28. The highest BCUT2D eigenvalue weighted by atomic mass is 79.9. The van der Waals surface area contributed by atoms with Gasteiger partial charge >= 0.3 is 0 Å². The first-order valence-electron chi connectivity index (χ1n) is 7.66. The molecule has 0 bridgehead atoms. The first kappa shape index (κ1) is 16.0. The SMILES string of the molecule is CCCC1CC(CNCCOC)(c2ccccc2Br)C1. The van der Waals surface area contributed by atoms with E-state index in [1.54, 1.807) is 7.11 Å². The summed E-state index contributed by atoms with van der Waals surface area (Å²) in [6.45, 7) is 5.06. The molecular formula is C17H26BrNO. The molecule has 0 aliphatic heterocycles. The molecule has 0 spiro atoms. The summed E-state index contributed by atoms with van der Waals surface area (Å²) in [7, 11) is 1.76. The van der Waals surface area contributed by atoms with Gasteiger partial charge in [-0.15, -0.1) is 0 Å². The van der Waals surface area contributed by atoms with E-state index in [2.05, 4.69) is 52.4 Å². The van der Waals surface area contributed by atoms with Crippen LogP contribution in [0.1, 0.15) is 38.2 Å². The molecule has 1 fully saturated rings. The first-order valence-corrected chi connectivity index (χ1v) is 8.46. The van der Waals surface area contributed by atoms with Gasteiger partial charge in [0.05, 0.1) is 6.61 Å². The van der Waals surface area contributed by atoms with E-state index in [1.165, 1.54) is 35.7 Å². The minimum Gasteiger partial charge on any atom is -0.383 e. The lowest BCUT2D eigenvalue weighted by molar-refractivity contribution is 0.123. The van der Waals surface area contributed by atoms with Crippen LogP contribution in [0.5, 0.6) is 0 Å². The number of hydrogen-bond acceptors (Lipinski definition) is 2. The predicted molar refractivity (Wildman–Crippen MR) is 88.2 cm³/mol. The molecular weight excluding hydrogens is 314 g/mol. The molecule has 1 aromatic carbocycles. The Balaban J connectivity index is 2.04. The van der Waals surface area contributed by atoms with Gasteiger partial charge in [-0.3, -0.25) is 0 Å². The van der Waals surface area contributed by atoms with E-state index in [0.717, 1.165) is 25.6 Å². The second kappa shape index (κ2) is 7.58. The molecule has 1 aromatic rings. The van der Waals surface area contributed by atoms with Crippen molar-refractivity contribution < 1.29 is 4.74 Å². The Hall–Kier alpha value is -0.380. The normalized spacial score (nSPS) is 25.4. The molecule has 3 heteroatoms. The van der Waals surface area contributed by atoms with Gasteiger partial charge in [0, 0.05) is 30.1 Å². The molecule has 0 amide bonds. The van der Waals surface area contributed by atoms with Crippen molar-refractivity contribution in [3.63, 3.8) is 0 Å². The molecule has 1 aliphatic carbocycles. The van der Waals surface area contributed by atoms with E-state index in [9.17, 15) is 0 Å².